The standard InChI is InChI=1S/C12H20FNO3/c13-11(14-8-4-5-9-14)17-12(10(15)16)6-2-1-3-7-12/h11H,1-9H2,(H,15,16). The molecular formula is C12H20FNO3. The van der Waals surface area contributed by atoms with Crippen LogP contribution in [0.2, 0.25) is 0 Å². The molecule has 1 aliphatic heterocycles. The Morgan fingerprint density at radius 1 is 1.18 bits per heavy atom. The monoisotopic (exact) mass is 245 g/mol. The number of rotatable bonds is 4. The van der Waals surface area contributed by atoms with Gasteiger partial charge in [0, 0.05) is 13.1 Å². The lowest BCUT2D eigenvalue weighted by atomic mass is 9.85. The summed E-state index contributed by atoms with van der Waals surface area (Å²) in [5, 5.41) is 9.27. The Labute approximate surface area is 101 Å². The largest absolute Gasteiger partial charge is 0.479 e. The number of hydrogen-bond donors (Lipinski definition) is 1. The van der Waals surface area contributed by atoms with Crippen LogP contribution in [0.4, 0.5) is 4.39 Å². The molecule has 0 amide bonds. The average molecular weight is 245 g/mol. The van der Waals surface area contributed by atoms with Gasteiger partial charge in [0.25, 0.3) is 6.48 Å². The van der Waals surface area contributed by atoms with E-state index >= 15 is 0 Å². The smallest absolute Gasteiger partial charge is 0.336 e. The van der Waals surface area contributed by atoms with E-state index in [0.717, 1.165) is 32.1 Å². The zero-order chi connectivity index (χ0) is 12.3. The van der Waals surface area contributed by atoms with E-state index in [1.54, 1.807) is 4.90 Å². The van der Waals surface area contributed by atoms with Crippen LogP contribution in [-0.2, 0) is 9.53 Å². The predicted molar refractivity (Wildman–Crippen MR) is 60.2 cm³/mol. The molecule has 0 aromatic heterocycles. The zero-order valence-corrected chi connectivity index (χ0v) is 10.0. The summed E-state index contributed by atoms with van der Waals surface area (Å²) in [6.45, 7) is -0.236. The van der Waals surface area contributed by atoms with E-state index in [1.165, 1.54) is 0 Å². The second-order valence-corrected chi connectivity index (χ2v) is 5.01. The summed E-state index contributed by atoms with van der Waals surface area (Å²) >= 11 is 0. The van der Waals surface area contributed by atoms with Crippen molar-refractivity contribution in [3.8, 4) is 0 Å². The molecule has 1 heterocycles. The number of nitrogens with zero attached hydrogens (tertiary/aromatic N) is 1. The Bertz CT molecular complexity index is 273. The highest BCUT2D eigenvalue weighted by Crippen LogP contribution is 2.34. The van der Waals surface area contributed by atoms with Crippen molar-refractivity contribution >= 4 is 5.97 Å². The molecule has 1 saturated heterocycles. The van der Waals surface area contributed by atoms with Crippen molar-refractivity contribution < 1.29 is 19.0 Å². The number of carboxylic acids is 1. The fraction of sp³-hybridized carbons (Fsp3) is 0.917. The van der Waals surface area contributed by atoms with E-state index in [9.17, 15) is 14.3 Å². The molecule has 1 unspecified atom stereocenters. The molecule has 1 saturated carbocycles. The van der Waals surface area contributed by atoms with Crippen molar-refractivity contribution in [3.63, 3.8) is 0 Å². The molecule has 1 aliphatic carbocycles. The fourth-order valence-electron chi connectivity index (χ4n) is 2.71. The molecule has 4 nitrogen and oxygen atoms in total. The summed E-state index contributed by atoms with van der Waals surface area (Å²) in [7, 11) is 0. The number of likely N-dealkylation sites (tertiary alicyclic amines) is 1. The van der Waals surface area contributed by atoms with Gasteiger partial charge in [-0.15, -0.1) is 0 Å². The molecule has 1 N–H and O–H groups in total. The van der Waals surface area contributed by atoms with Gasteiger partial charge in [0.05, 0.1) is 0 Å². The van der Waals surface area contributed by atoms with Crippen LogP contribution in [0.5, 0.6) is 0 Å². The third kappa shape index (κ3) is 2.77. The van der Waals surface area contributed by atoms with Crippen LogP contribution in [0.1, 0.15) is 44.9 Å². The first-order chi connectivity index (χ1) is 8.14. The summed E-state index contributed by atoms with van der Waals surface area (Å²) in [6, 6.07) is 0. The maximum absolute atomic E-state index is 13.9. The van der Waals surface area contributed by atoms with E-state index in [1.807, 2.05) is 0 Å². The fourth-order valence-corrected chi connectivity index (χ4v) is 2.71. The number of carbonyl (C=O) groups is 1. The number of ether oxygens (including phenoxy) is 1. The third-order valence-electron chi connectivity index (χ3n) is 3.80. The van der Waals surface area contributed by atoms with Gasteiger partial charge in [-0.05, 0) is 38.5 Å². The van der Waals surface area contributed by atoms with E-state index in [0.29, 0.717) is 25.9 Å². The Hall–Kier alpha value is -0.680. The molecule has 2 aliphatic rings. The van der Waals surface area contributed by atoms with Gasteiger partial charge in [-0.1, -0.05) is 6.42 Å². The van der Waals surface area contributed by atoms with Gasteiger partial charge >= 0.3 is 5.97 Å². The molecule has 98 valence electrons. The summed E-state index contributed by atoms with van der Waals surface area (Å²) < 4.78 is 19.2. The number of halogens is 1. The van der Waals surface area contributed by atoms with Crippen molar-refractivity contribution in [1.29, 1.82) is 0 Å². The lowest BCUT2D eigenvalue weighted by Gasteiger charge is -2.36. The van der Waals surface area contributed by atoms with Crippen LogP contribution in [-0.4, -0.2) is 41.1 Å². The van der Waals surface area contributed by atoms with E-state index in [4.69, 9.17) is 4.74 Å². The van der Waals surface area contributed by atoms with Gasteiger partial charge in [0.2, 0.25) is 0 Å². The normalized spacial score (nSPS) is 26.9. The molecule has 5 heteroatoms. The van der Waals surface area contributed by atoms with E-state index in [-0.39, 0.29) is 0 Å². The summed E-state index contributed by atoms with van der Waals surface area (Å²) in [6.07, 6.45) is 5.40. The molecule has 0 aromatic carbocycles. The molecular weight excluding hydrogens is 225 g/mol. The first-order valence-corrected chi connectivity index (χ1v) is 6.43. The Morgan fingerprint density at radius 2 is 1.76 bits per heavy atom. The van der Waals surface area contributed by atoms with Gasteiger partial charge in [0.1, 0.15) is 0 Å². The maximum atomic E-state index is 13.9. The quantitative estimate of drug-likeness (QED) is 0.771. The van der Waals surface area contributed by atoms with Crippen molar-refractivity contribution in [1.82, 2.24) is 4.90 Å². The first-order valence-electron chi connectivity index (χ1n) is 6.43. The number of hydrogen-bond acceptors (Lipinski definition) is 3. The second-order valence-electron chi connectivity index (χ2n) is 5.01. The Balaban J connectivity index is 1.98. The van der Waals surface area contributed by atoms with Crippen LogP contribution in [0.3, 0.4) is 0 Å². The minimum atomic E-state index is -1.56. The number of alkyl halides is 1. The van der Waals surface area contributed by atoms with Crippen molar-refractivity contribution in [3.05, 3.63) is 0 Å². The molecule has 0 spiro atoms. The topological polar surface area (TPSA) is 49.8 Å². The third-order valence-corrected chi connectivity index (χ3v) is 3.80. The van der Waals surface area contributed by atoms with E-state index < -0.39 is 18.1 Å². The predicted octanol–water partition coefficient (Wildman–Crippen LogP) is 2.14. The highest BCUT2D eigenvalue weighted by Gasteiger charge is 2.44. The molecule has 17 heavy (non-hydrogen) atoms. The lowest BCUT2D eigenvalue weighted by molar-refractivity contribution is -0.228. The van der Waals surface area contributed by atoms with Gasteiger partial charge in [0.15, 0.2) is 5.60 Å². The van der Waals surface area contributed by atoms with Crippen molar-refractivity contribution in [2.24, 2.45) is 0 Å². The molecule has 2 fully saturated rings. The van der Waals surface area contributed by atoms with Crippen molar-refractivity contribution in [2.75, 3.05) is 13.1 Å². The van der Waals surface area contributed by atoms with Crippen LogP contribution in [0.25, 0.3) is 0 Å². The summed E-state index contributed by atoms with van der Waals surface area (Å²) in [5.74, 6) is -1.01. The van der Waals surface area contributed by atoms with Gasteiger partial charge in [-0.2, -0.15) is 4.39 Å². The number of aliphatic carboxylic acids is 1. The minimum absolute atomic E-state index is 0.427. The minimum Gasteiger partial charge on any atom is -0.479 e. The molecule has 0 radical (unpaired) electrons. The number of carboxylic acid groups (broad SMARTS) is 1. The zero-order valence-electron chi connectivity index (χ0n) is 10.0. The first kappa shape index (κ1) is 12.8. The van der Waals surface area contributed by atoms with Crippen molar-refractivity contribution in [2.45, 2.75) is 57.0 Å². The van der Waals surface area contributed by atoms with Crippen LogP contribution < -0.4 is 0 Å². The van der Waals surface area contributed by atoms with Gasteiger partial charge in [-0.25, -0.2) is 4.79 Å². The Morgan fingerprint density at radius 3 is 2.29 bits per heavy atom. The average Bonchev–Trinajstić information content (AvgIpc) is 2.83. The maximum Gasteiger partial charge on any atom is 0.336 e. The van der Waals surface area contributed by atoms with Crippen LogP contribution in [0, 0.1) is 0 Å². The van der Waals surface area contributed by atoms with Crippen LogP contribution in [0.15, 0.2) is 0 Å². The van der Waals surface area contributed by atoms with Gasteiger partial charge < -0.3 is 9.84 Å². The Kier molecular flexibility index (Phi) is 3.99. The summed E-state index contributed by atoms with van der Waals surface area (Å²) in [4.78, 5) is 12.9. The second kappa shape index (κ2) is 5.31. The van der Waals surface area contributed by atoms with Gasteiger partial charge in [-0.3, -0.25) is 4.90 Å². The molecule has 1 atom stereocenters. The lowest BCUT2D eigenvalue weighted by Crippen LogP contribution is -2.48. The molecule has 0 bridgehead atoms. The van der Waals surface area contributed by atoms with Crippen LogP contribution >= 0.6 is 0 Å². The summed E-state index contributed by atoms with van der Waals surface area (Å²) in [5.41, 5.74) is -1.29. The highest BCUT2D eigenvalue weighted by atomic mass is 19.1. The molecule has 0 aromatic rings. The van der Waals surface area contributed by atoms with E-state index in [2.05, 4.69) is 0 Å². The highest BCUT2D eigenvalue weighted by molar-refractivity contribution is 5.77. The SMILES string of the molecule is O=C(O)C1(OC(F)N2CCCC2)CCCCC1. The molecule has 2 rings (SSSR count).